The smallest absolute Gasteiger partial charge is 0.113 e. The summed E-state index contributed by atoms with van der Waals surface area (Å²) in [5.41, 5.74) is 3.11. The number of H-pyrrole nitrogens is 1. The summed E-state index contributed by atoms with van der Waals surface area (Å²) in [6.45, 7) is 0. The lowest BCUT2D eigenvalue weighted by Crippen LogP contribution is -1.83. The van der Waals surface area contributed by atoms with Gasteiger partial charge in [0.15, 0.2) is 0 Å². The first kappa shape index (κ1) is 7.94. The number of fused-ring (bicyclic) bond motifs is 3. The van der Waals surface area contributed by atoms with Gasteiger partial charge in [0.25, 0.3) is 0 Å². The van der Waals surface area contributed by atoms with E-state index in [1.54, 1.807) is 18.6 Å². The molecule has 0 aromatic carbocycles. The van der Waals surface area contributed by atoms with Gasteiger partial charge < -0.3 is 4.98 Å². The predicted octanol–water partition coefficient (Wildman–Crippen LogP) is 1.98. The molecule has 0 atom stereocenters. The molecule has 3 heterocycles. The second kappa shape index (κ2) is 2.79. The van der Waals surface area contributed by atoms with Gasteiger partial charge in [-0.3, -0.25) is 9.97 Å². The van der Waals surface area contributed by atoms with Crippen LogP contribution in [0.3, 0.4) is 0 Å². The fourth-order valence-corrected chi connectivity index (χ4v) is 1.68. The van der Waals surface area contributed by atoms with Crippen molar-refractivity contribution in [1.29, 1.82) is 5.26 Å². The minimum Gasteiger partial charge on any atom is -0.358 e. The van der Waals surface area contributed by atoms with Crippen LogP contribution in [0.4, 0.5) is 0 Å². The number of aromatic amines is 1. The Morgan fingerprint density at radius 2 is 2.27 bits per heavy atom. The summed E-state index contributed by atoms with van der Waals surface area (Å²) in [4.78, 5) is 11.6. The van der Waals surface area contributed by atoms with E-state index in [0.717, 1.165) is 21.9 Å². The molecule has 0 spiro atoms. The van der Waals surface area contributed by atoms with Gasteiger partial charge in [0.1, 0.15) is 11.6 Å². The standard InChI is InChI=1S/C11H6N4/c12-4-7-5-15-10-8(7)6-14-9-2-1-3-13-11(9)10/h1-3,5-6,15H. The summed E-state index contributed by atoms with van der Waals surface area (Å²) in [6, 6.07) is 5.86. The monoisotopic (exact) mass is 194 g/mol. The highest BCUT2D eigenvalue weighted by molar-refractivity contribution is 6.02. The number of hydrogen-bond acceptors (Lipinski definition) is 3. The molecule has 0 aliphatic carbocycles. The minimum atomic E-state index is 0.602. The van der Waals surface area contributed by atoms with E-state index in [9.17, 15) is 0 Å². The third-order valence-corrected chi connectivity index (χ3v) is 2.40. The van der Waals surface area contributed by atoms with Crippen LogP contribution in [0.1, 0.15) is 5.56 Å². The molecule has 0 saturated heterocycles. The quantitative estimate of drug-likeness (QED) is 0.595. The molecule has 3 rings (SSSR count). The fourth-order valence-electron chi connectivity index (χ4n) is 1.68. The maximum absolute atomic E-state index is 8.88. The Morgan fingerprint density at radius 1 is 1.33 bits per heavy atom. The van der Waals surface area contributed by atoms with Gasteiger partial charge in [0, 0.05) is 24.0 Å². The highest BCUT2D eigenvalue weighted by Crippen LogP contribution is 2.22. The second-order valence-electron chi connectivity index (χ2n) is 3.23. The van der Waals surface area contributed by atoms with E-state index in [4.69, 9.17) is 5.26 Å². The third kappa shape index (κ3) is 1.00. The van der Waals surface area contributed by atoms with E-state index in [-0.39, 0.29) is 0 Å². The lowest BCUT2D eigenvalue weighted by molar-refractivity contribution is 1.35. The van der Waals surface area contributed by atoms with Crippen LogP contribution < -0.4 is 0 Å². The van der Waals surface area contributed by atoms with Gasteiger partial charge in [0.2, 0.25) is 0 Å². The van der Waals surface area contributed by atoms with Crippen LogP contribution in [-0.4, -0.2) is 15.0 Å². The molecule has 0 aliphatic heterocycles. The van der Waals surface area contributed by atoms with Crippen molar-refractivity contribution in [2.45, 2.75) is 0 Å². The van der Waals surface area contributed by atoms with Crippen molar-refractivity contribution < 1.29 is 0 Å². The first-order valence-corrected chi connectivity index (χ1v) is 4.51. The predicted molar refractivity (Wildman–Crippen MR) is 56.1 cm³/mol. The van der Waals surface area contributed by atoms with Crippen molar-refractivity contribution in [2.24, 2.45) is 0 Å². The van der Waals surface area contributed by atoms with Gasteiger partial charge in [-0.15, -0.1) is 0 Å². The lowest BCUT2D eigenvalue weighted by atomic mass is 10.2. The number of nitrogens with zero attached hydrogens (tertiary/aromatic N) is 3. The van der Waals surface area contributed by atoms with E-state index < -0.39 is 0 Å². The summed E-state index contributed by atoms with van der Waals surface area (Å²) in [6.07, 6.45) is 5.10. The van der Waals surface area contributed by atoms with Gasteiger partial charge >= 0.3 is 0 Å². The zero-order valence-corrected chi connectivity index (χ0v) is 7.73. The number of aromatic nitrogens is 3. The maximum Gasteiger partial charge on any atom is 0.113 e. The third-order valence-electron chi connectivity index (χ3n) is 2.40. The summed E-state index contributed by atoms with van der Waals surface area (Å²) in [7, 11) is 0. The molecule has 0 radical (unpaired) electrons. The molecular formula is C11H6N4. The lowest BCUT2D eigenvalue weighted by Gasteiger charge is -1.96. The molecule has 1 N–H and O–H groups in total. The molecule has 0 bridgehead atoms. The van der Waals surface area contributed by atoms with Crippen LogP contribution in [0.15, 0.2) is 30.7 Å². The molecule has 0 unspecified atom stereocenters. The summed E-state index contributed by atoms with van der Waals surface area (Å²) < 4.78 is 0. The summed E-state index contributed by atoms with van der Waals surface area (Å²) in [5, 5.41) is 9.70. The van der Waals surface area contributed by atoms with E-state index in [1.807, 2.05) is 12.1 Å². The fraction of sp³-hybridized carbons (Fsp3) is 0. The van der Waals surface area contributed by atoms with Gasteiger partial charge in [-0.2, -0.15) is 5.26 Å². The number of rotatable bonds is 0. The Bertz CT molecular complexity index is 690. The van der Waals surface area contributed by atoms with E-state index in [1.165, 1.54) is 0 Å². The van der Waals surface area contributed by atoms with Crippen molar-refractivity contribution in [3.8, 4) is 6.07 Å². The number of nitrogens with one attached hydrogen (secondary N) is 1. The summed E-state index contributed by atoms with van der Waals surface area (Å²) in [5.74, 6) is 0. The van der Waals surface area contributed by atoms with E-state index in [0.29, 0.717) is 5.56 Å². The SMILES string of the molecule is N#Cc1c[nH]c2c1cnc1cccnc12. The van der Waals surface area contributed by atoms with E-state index in [2.05, 4.69) is 21.0 Å². The maximum atomic E-state index is 8.88. The Hall–Kier alpha value is -2.41. The molecule has 0 fully saturated rings. The van der Waals surface area contributed by atoms with Crippen LogP contribution in [0, 0.1) is 11.3 Å². The first-order chi connectivity index (χ1) is 7.40. The van der Waals surface area contributed by atoms with Crippen LogP contribution in [0.5, 0.6) is 0 Å². The van der Waals surface area contributed by atoms with Crippen LogP contribution >= 0.6 is 0 Å². The average Bonchev–Trinajstić information content (AvgIpc) is 2.72. The number of nitriles is 1. The Morgan fingerprint density at radius 3 is 3.13 bits per heavy atom. The molecular weight excluding hydrogens is 188 g/mol. The second-order valence-corrected chi connectivity index (χ2v) is 3.23. The highest BCUT2D eigenvalue weighted by atomic mass is 14.8. The molecule has 3 aromatic heterocycles. The first-order valence-electron chi connectivity index (χ1n) is 4.51. The van der Waals surface area contributed by atoms with Crippen molar-refractivity contribution in [3.05, 3.63) is 36.3 Å². The zero-order chi connectivity index (χ0) is 10.3. The molecule has 0 aliphatic rings. The minimum absolute atomic E-state index is 0.602. The van der Waals surface area contributed by atoms with Gasteiger partial charge in [0.05, 0.1) is 16.6 Å². The van der Waals surface area contributed by atoms with Crippen LogP contribution in [0.25, 0.3) is 21.9 Å². The Labute approximate surface area is 85.2 Å². The zero-order valence-electron chi connectivity index (χ0n) is 7.73. The molecule has 70 valence electrons. The Kier molecular flexibility index (Phi) is 1.48. The molecule has 4 heteroatoms. The highest BCUT2D eigenvalue weighted by Gasteiger charge is 2.07. The molecule has 0 amide bonds. The molecule has 0 saturated carbocycles. The van der Waals surface area contributed by atoms with Crippen molar-refractivity contribution in [2.75, 3.05) is 0 Å². The normalized spacial score (nSPS) is 10.6. The molecule has 4 nitrogen and oxygen atoms in total. The van der Waals surface area contributed by atoms with E-state index >= 15 is 0 Å². The van der Waals surface area contributed by atoms with Crippen molar-refractivity contribution >= 4 is 21.9 Å². The Balaban J connectivity index is 2.57. The molecule has 3 aromatic rings. The van der Waals surface area contributed by atoms with Crippen molar-refractivity contribution in [1.82, 2.24) is 15.0 Å². The van der Waals surface area contributed by atoms with Gasteiger partial charge in [-0.1, -0.05) is 0 Å². The van der Waals surface area contributed by atoms with Crippen LogP contribution in [0.2, 0.25) is 0 Å². The van der Waals surface area contributed by atoms with Gasteiger partial charge in [-0.05, 0) is 12.1 Å². The number of pyridine rings is 2. The van der Waals surface area contributed by atoms with Crippen LogP contribution in [-0.2, 0) is 0 Å². The topological polar surface area (TPSA) is 65.4 Å². The summed E-state index contributed by atoms with van der Waals surface area (Å²) >= 11 is 0. The molecule has 15 heavy (non-hydrogen) atoms. The largest absolute Gasteiger partial charge is 0.358 e. The number of hydrogen-bond donors (Lipinski definition) is 1. The average molecular weight is 194 g/mol. The van der Waals surface area contributed by atoms with Gasteiger partial charge in [-0.25, -0.2) is 0 Å². The van der Waals surface area contributed by atoms with Crippen molar-refractivity contribution in [3.63, 3.8) is 0 Å².